The van der Waals surface area contributed by atoms with Gasteiger partial charge in [-0.3, -0.25) is 0 Å². The first kappa shape index (κ1) is 19.9. The van der Waals surface area contributed by atoms with Crippen molar-refractivity contribution >= 4 is 20.3 Å². The highest BCUT2D eigenvalue weighted by Gasteiger charge is 2.35. The van der Waals surface area contributed by atoms with Gasteiger partial charge >= 0.3 is 11.9 Å². The Balaban J connectivity index is 4.64. The van der Waals surface area contributed by atoms with E-state index in [2.05, 4.69) is 20.8 Å². The summed E-state index contributed by atoms with van der Waals surface area (Å²) < 4.78 is 10.7. The smallest absolute Gasteiger partial charge is 0.331 e. The van der Waals surface area contributed by atoms with Crippen molar-refractivity contribution in [3.05, 3.63) is 12.2 Å². The van der Waals surface area contributed by atoms with Gasteiger partial charge in [0.25, 0.3) is 8.32 Å². The molecule has 0 N–H and O–H groups in total. The molecule has 0 amide bonds. The molecular weight excluding hydrogens is 284 g/mol. The Morgan fingerprint density at radius 1 is 0.810 bits per heavy atom. The Kier molecular flexibility index (Phi) is 10.9. The fourth-order valence-corrected chi connectivity index (χ4v) is 6.81. The molecule has 0 aromatic heterocycles. The lowest BCUT2D eigenvalue weighted by molar-refractivity contribution is -0.138. The van der Waals surface area contributed by atoms with Crippen molar-refractivity contribution in [2.75, 3.05) is 6.61 Å². The van der Waals surface area contributed by atoms with Gasteiger partial charge in [0.1, 0.15) is 0 Å². The molecule has 0 unspecified atom stereocenters. The van der Waals surface area contributed by atoms with Crippen LogP contribution in [0.15, 0.2) is 12.2 Å². The fraction of sp³-hybridized carbons (Fsp3) is 0.750. The van der Waals surface area contributed by atoms with Crippen molar-refractivity contribution in [2.45, 2.75) is 71.5 Å². The van der Waals surface area contributed by atoms with E-state index in [-0.39, 0.29) is 0 Å². The van der Waals surface area contributed by atoms with E-state index in [1.54, 1.807) is 0 Å². The second-order valence-corrected chi connectivity index (χ2v) is 9.43. The van der Waals surface area contributed by atoms with Gasteiger partial charge in [-0.1, -0.05) is 47.0 Å². The van der Waals surface area contributed by atoms with Crippen LogP contribution in [0, 0.1) is 0 Å². The van der Waals surface area contributed by atoms with E-state index in [9.17, 15) is 9.59 Å². The number of rotatable bonds is 11. The Bertz CT molecular complexity index is 322. The molecule has 0 saturated heterocycles. The number of hydrogen-bond acceptors (Lipinski definition) is 4. The lowest BCUT2D eigenvalue weighted by Crippen LogP contribution is -2.39. The Labute approximate surface area is 130 Å². The van der Waals surface area contributed by atoms with Gasteiger partial charge in [-0.15, -0.1) is 0 Å². The molecule has 0 aliphatic carbocycles. The van der Waals surface area contributed by atoms with E-state index in [0.717, 1.165) is 43.8 Å². The third-order valence-corrected chi connectivity index (χ3v) is 8.11. The summed E-state index contributed by atoms with van der Waals surface area (Å²) in [7, 11) is -2.01. The topological polar surface area (TPSA) is 52.6 Å². The molecule has 0 atom stereocenters. The molecule has 0 spiro atoms. The van der Waals surface area contributed by atoms with Crippen molar-refractivity contribution in [1.82, 2.24) is 0 Å². The third kappa shape index (κ3) is 8.70. The van der Waals surface area contributed by atoms with E-state index < -0.39 is 20.3 Å². The molecule has 21 heavy (non-hydrogen) atoms. The molecule has 0 saturated carbocycles. The van der Waals surface area contributed by atoms with Gasteiger partial charge in [-0.25, -0.2) is 9.59 Å². The van der Waals surface area contributed by atoms with Gasteiger partial charge in [0.05, 0.1) is 6.61 Å². The Morgan fingerprint density at radius 2 is 1.29 bits per heavy atom. The number of hydrogen-bond donors (Lipinski definition) is 0. The van der Waals surface area contributed by atoms with E-state index in [4.69, 9.17) is 9.16 Å². The van der Waals surface area contributed by atoms with Crippen molar-refractivity contribution < 1.29 is 18.8 Å². The van der Waals surface area contributed by atoms with Gasteiger partial charge in [-0.2, -0.15) is 0 Å². The maximum Gasteiger partial charge on any atom is 0.331 e. The largest absolute Gasteiger partial charge is 0.516 e. The molecule has 122 valence electrons. The SMILES string of the molecule is CCCOC(=O)/C=C/C(=O)O[Si](CCC)(CCC)CCC. The molecule has 0 heterocycles. The molecule has 4 nitrogen and oxygen atoms in total. The summed E-state index contributed by atoms with van der Waals surface area (Å²) >= 11 is 0. The number of esters is 1. The lowest BCUT2D eigenvalue weighted by Gasteiger charge is -2.29. The average molecular weight is 314 g/mol. The van der Waals surface area contributed by atoms with E-state index in [1.165, 1.54) is 12.2 Å². The predicted molar refractivity (Wildman–Crippen MR) is 87.5 cm³/mol. The van der Waals surface area contributed by atoms with Gasteiger partial charge in [0.2, 0.25) is 0 Å². The van der Waals surface area contributed by atoms with Crippen molar-refractivity contribution in [3.8, 4) is 0 Å². The quantitative estimate of drug-likeness (QED) is 0.325. The number of carbonyl (C=O) groups excluding carboxylic acids is 2. The van der Waals surface area contributed by atoms with E-state index in [0.29, 0.717) is 6.61 Å². The van der Waals surface area contributed by atoms with Gasteiger partial charge in [-0.05, 0) is 24.6 Å². The van der Waals surface area contributed by atoms with Gasteiger partial charge < -0.3 is 9.16 Å². The molecule has 0 bridgehead atoms. The molecule has 0 radical (unpaired) electrons. The molecule has 0 rings (SSSR count). The highest BCUT2D eigenvalue weighted by atomic mass is 28.4. The number of ether oxygens (including phenoxy) is 1. The summed E-state index contributed by atoms with van der Waals surface area (Å²) in [6.07, 6.45) is 6.23. The standard InChI is InChI=1S/C16H30O4Si/c1-5-11-19-15(17)9-10-16(18)20-21(12-6-2,13-7-3)14-8-4/h9-10H,5-8,11-14H2,1-4H3/b10-9+. The maximum atomic E-state index is 12.0. The first-order valence-electron chi connectivity index (χ1n) is 8.11. The van der Waals surface area contributed by atoms with Crippen LogP contribution in [-0.4, -0.2) is 26.9 Å². The summed E-state index contributed by atoms with van der Waals surface area (Å²) in [5, 5.41) is 0. The Morgan fingerprint density at radius 3 is 1.71 bits per heavy atom. The van der Waals surface area contributed by atoms with Crippen LogP contribution in [0.1, 0.15) is 53.4 Å². The summed E-state index contributed by atoms with van der Waals surface area (Å²) in [4.78, 5) is 23.3. The Hall–Kier alpha value is -1.10. The first-order valence-corrected chi connectivity index (χ1v) is 10.6. The normalized spacial score (nSPS) is 11.6. The summed E-state index contributed by atoms with van der Waals surface area (Å²) in [6, 6.07) is 2.98. The molecule has 0 aliphatic heterocycles. The van der Waals surface area contributed by atoms with Crippen molar-refractivity contribution in [2.24, 2.45) is 0 Å². The second-order valence-electron chi connectivity index (χ2n) is 5.35. The summed E-state index contributed by atoms with van der Waals surface area (Å²) in [5.41, 5.74) is 0. The van der Waals surface area contributed by atoms with Crippen LogP contribution in [0.5, 0.6) is 0 Å². The molecule has 0 aliphatic rings. The van der Waals surface area contributed by atoms with Crippen molar-refractivity contribution in [3.63, 3.8) is 0 Å². The molecular formula is C16H30O4Si. The highest BCUT2D eigenvalue weighted by Crippen LogP contribution is 2.27. The predicted octanol–water partition coefficient (Wildman–Crippen LogP) is 4.21. The zero-order valence-electron chi connectivity index (χ0n) is 13.9. The molecule has 5 heteroatoms. The summed E-state index contributed by atoms with van der Waals surface area (Å²) in [5.74, 6) is -0.881. The van der Waals surface area contributed by atoms with Crippen LogP contribution < -0.4 is 0 Å². The molecule has 0 aromatic carbocycles. The zero-order chi connectivity index (χ0) is 16.1. The van der Waals surface area contributed by atoms with Crippen LogP contribution in [0.3, 0.4) is 0 Å². The minimum Gasteiger partial charge on any atom is -0.516 e. The van der Waals surface area contributed by atoms with E-state index >= 15 is 0 Å². The van der Waals surface area contributed by atoms with Gasteiger partial charge in [0, 0.05) is 12.2 Å². The molecule has 0 fully saturated rings. The van der Waals surface area contributed by atoms with E-state index in [1.807, 2.05) is 6.92 Å². The van der Waals surface area contributed by atoms with Crippen LogP contribution in [0.4, 0.5) is 0 Å². The maximum absolute atomic E-state index is 12.0. The van der Waals surface area contributed by atoms with Crippen molar-refractivity contribution in [1.29, 1.82) is 0 Å². The van der Waals surface area contributed by atoms with Crippen LogP contribution in [-0.2, 0) is 18.8 Å². The minimum absolute atomic E-state index is 0.373. The minimum atomic E-state index is -2.01. The second kappa shape index (κ2) is 11.5. The van der Waals surface area contributed by atoms with Crippen LogP contribution >= 0.6 is 0 Å². The fourth-order valence-electron chi connectivity index (χ4n) is 2.53. The molecule has 0 aromatic rings. The van der Waals surface area contributed by atoms with Crippen LogP contribution in [0.25, 0.3) is 0 Å². The number of carbonyl (C=O) groups is 2. The lowest BCUT2D eigenvalue weighted by atomic mass is 10.5. The van der Waals surface area contributed by atoms with Gasteiger partial charge in [0.15, 0.2) is 0 Å². The summed E-state index contributed by atoms with van der Waals surface area (Å²) in [6.45, 7) is 8.67. The monoisotopic (exact) mass is 314 g/mol. The third-order valence-electron chi connectivity index (χ3n) is 3.24. The average Bonchev–Trinajstić information content (AvgIpc) is 2.43. The first-order chi connectivity index (χ1) is 10.0. The zero-order valence-corrected chi connectivity index (χ0v) is 14.9. The highest BCUT2D eigenvalue weighted by molar-refractivity contribution is 6.75. The van der Waals surface area contributed by atoms with Crippen LogP contribution in [0.2, 0.25) is 18.1 Å².